The number of amides is 1. The Labute approximate surface area is 187 Å². The number of benzene rings is 2. The third kappa shape index (κ3) is 6.65. The van der Waals surface area contributed by atoms with Crippen molar-refractivity contribution in [2.75, 3.05) is 13.3 Å². The minimum Gasteiger partial charge on any atom is -0.444 e. The molecule has 0 bridgehead atoms. The first-order valence-electron chi connectivity index (χ1n) is 10.8. The van der Waals surface area contributed by atoms with Crippen molar-refractivity contribution < 1.29 is 18.3 Å². The number of rotatable bonds is 8. The molecule has 0 radical (unpaired) electrons. The second kappa shape index (κ2) is 10.4. The van der Waals surface area contributed by atoms with Crippen LogP contribution in [0, 0.1) is 0 Å². The van der Waals surface area contributed by atoms with Crippen LogP contribution in [0.3, 0.4) is 0 Å². The highest BCUT2D eigenvalue weighted by Crippen LogP contribution is 2.36. The highest BCUT2D eigenvalue weighted by molar-refractivity contribution is 6.99. The van der Waals surface area contributed by atoms with Gasteiger partial charge in [0.05, 0.1) is 6.04 Å². The van der Waals surface area contributed by atoms with E-state index in [2.05, 4.69) is 50.4 Å². The second-order valence-corrected chi connectivity index (χ2v) is 14.1. The first-order valence-corrected chi connectivity index (χ1v) is 12.7. The molecule has 0 aromatic heterocycles. The fraction of sp³-hybridized carbons (Fsp3) is 0.480. The van der Waals surface area contributed by atoms with E-state index in [0.29, 0.717) is 13.0 Å². The summed E-state index contributed by atoms with van der Waals surface area (Å²) in [5.74, 6) is 0. The third-order valence-electron chi connectivity index (χ3n) is 5.11. The zero-order valence-electron chi connectivity index (χ0n) is 19.6. The summed E-state index contributed by atoms with van der Waals surface area (Å²) in [4.78, 5) is 12.1. The SMILES string of the molecule is CC(C)(C)OC(=O)N[C@H](CF)CCO[Si](c1ccccc1)(c1ccccc1)C(C)(C)C. The lowest BCUT2D eigenvalue weighted by atomic mass is 10.2. The zero-order chi connectivity index (χ0) is 23.1. The van der Waals surface area contributed by atoms with E-state index in [-0.39, 0.29) is 5.04 Å². The molecule has 0 aliphatic heterocycles. The van der Waals surface area contributed by atoms with Gasteiger partial charge in [-0.3, -0.25) is 0 Å². The molecule has 4 nitrogen and oxygen atoms in total. The third-order valence-corrected chi connectivity index (χ3v) is 10.2. The molecule has 1 atom stereocenters. The number of hydrogen-bond donors (Lipinski definition) is 1. The summed E-state index contributed by atoms with van der Waals surface area (Å²) in [6.45, 7) is 11.6. The van der Waals surface area contributed by atoms with Crippen LogP contribution < -0.4 is 15.7 Å². The average molecular weight is 446 g/mol. The van der Waals surface area contributed by atoms with Gasteiger partial charge < -0.3 is 14.5 Å². The van der Waals surface area contributed by atoms with E-state index in [0.717, 1.165) is 0 Å². The monoisotopic (exact) mass is 445 g/mol. The standard InChI is InChI=1S/C25H36FNO3Si/c1-24(2,3)30-23(28)27-20(19-26)17-18-29-31(25(4,5)6,21-13-9-7-10-14-21)22-15-11-8-12-16-22/h7-16,20H,17-19H2,1-6H3,(H,27,28)/t20-/m0/s1. The van der Waals surface area contributed by atoms with Gasteiger partial charge >= 0.3 is 6.09 Å². The van der Waals surface area contributed by atoms with Crippen molar-refractivity contribution in [1.29, 1.82) is 0 Å². The highest BCUT2D eigenvalue weighted by Gasteiger charge is 2.50. The van der Waals surface area contributed by atoms with Crippen molar-refractivity contribution in [3.05, 3.63) is 60.7 Å². The molecule has 6 heteroatoms. The Kier molecular flexibility index (Phi) is 8.43. The molecule has 2 rings (SSSR count). The number of carbonyl (C=O) groups excluding carboxylic acids is 1. The minimum absolute atomic E-state index is 0.153. The van der Waals surface area contributed by atoms with Crippen molar-refractivity contribution >= 4 is 24.8 Å². The van der Waals surface area contributed by atoms with Gasteiger partial charge in [-0.05, 0) is 42.6 Å². The maximum absolute atomic E-state index is 13.6. The normalized spacial score (nSPS) is 13.5. The van der Waals surface area contributed by atoms with Gasteiger partial charge in [-0.2, -0.15) is 0 Å². The van der Waals surface area contributed by atoms with E-state index in [1.807, 2.05) is 36.4 Å². The van der Waals surface area contributed by atoms with Crippen molar-refractivity contribution in [2.24, 2.45) is 0 Å². The number of alkyl carbamates (subject to hydrolysis) is 1. The molecule has 2 aromatic carbocycles. The Hall–Kier alpha value is -2.18. The van der Waals surface area contributed by atoms with E-state index < -0.39 is 32.7 Å². The number of hydrogen-bond acceptors (Lipinski definition) is 3. The quantitative estimate of drug-likeness (QED) is 0.593. The molecule has 0 heterocycles. The summed E-state index contributed by atoms with van der Waals surface area (Å²) < 4.78 is 25.7. The average Bonchev–Trinajstić information content (AvgIpc) is 2.69. The predicted octanol–water partition coefficient (Wildman–Crippen LogP) is 4.82. The molecular formula is C25H36FNO3Si. The van der Waals surface area contributed by atoms with Gasteiger partial charge in [0, 0.05) is 6.61 Å². The molecule has 2 aromatic rings. The summed E-state index contributed by atoms with van der Waals surface area (Å²) in [7, 11) is -2.67. The molecule has 1 N–H and O–H groups in total. The Balaban J connectivity index is 2.25. The van der Waals surface area contributed by atoms with Gasteiger partial charge in [0.2, 0.25) is 0 Å². The molecule has 1 amide bonds. The molecule has 170 valence electrons. The van der Waals surface area contributed by atoms with E-state index in [9.17, 15) is 9.18 Å². The molecule has 0 unspecified atom stereocenters. The van der Waals surface area contributed by atoms with E-state index in [1.165, 1.54) is 10.4 Å². The molecule has 0 saturated heterocycles. The van der Waals surface area contributed by atoms with Crippen LogP contribution in [0.25, 0.3) is 0 Å². The molecule has 0 fully saturated rings. The summed E-state index contributed by atoms with van der Waals surface area (Å²) >= 11 is 0. The van der Waals surface area contributed by atoms with E-state index in [1.54, 1.807) is 20.8 Å². The van der Waals surface area contributed by atoms with E-state index in [4.69, 9.17) is 9.16 Å². The maximum Gasteiger partial charge on any atom is 0.407 e. The summed E-state index contributed by atoms with van der Waals surface area (Å²) in [5.41, 5.74) is -0.629. The number of halogens is 1. The largest absolute Gasteiger partial charge is 0.444 e. The van der Waals surface area contributed by atoms with Crippen LogP contribution in [0.4, 0.5) is 9.18 Å². The minimum atomic E-state index is -2.67. The fourth-order valence-corrected chi connectivity index (χ4v) is 8.36. The Morgan fingerprint density at radius 1 is 0.935 bits per heavy atom. The van der Waals surface area contributed by atoms with E-state index >= 15 is 0 Å². The Morgan fingerprint density at radius 3 is 1.81 bits per heavy atom. The van der Waals surface area contributed by atoms with Crippen molar-refractivity contribution in [2.45, 2.75) is 64.6 Å². The molecular weight excluding hydrogens is 409 g/mol. The summed E-state index contributed by atoms with van der Waals surface area (Å²) in [5, 5.41) is 4.82. The van der Waals surface area contributed by atoms with Gasteiger partial charge in [0.15, 0.2) is 0 Å². The molecule has 31 heavy (non-hydrogen) atoms. The first-order chi connectivity index (χ1) is 14.5. The van der Waals surface area contributed by atoms with Crippen LogP contribution in [0.1, 0.15) is 48.0 Å². The number of carbonyl (C=O) groups is 1. The molecule has 0 saturated carbocycles. The van der Waals surface area contributed by atoms with Gasteiger partial charge in [0.25, 0.3) is 8.32 Å². The van der Waals surface area contributed by atoms with Crippen LogP contribution in [0.15, 0.2) is 60.7 Å². The highest BCUT2D eigenvalue weighted by atomic mass is 28.4. The second-order valence-electron chi connectivity index (χ2n) is 9.80. The van der Waals surface area contributed by atoms with Gasteiger partial charge in [-0.25, -0.2) is 9.18 Å². The predicted molar refractivity (Wildman–Crippen MR) is 127 cm³/mol. The lowest BCUT2D eigenvalue weighted by molar-refractivity contribution is 0.0488. The van der Waals surface area contributed by atoms with Crippen molar-refractivity contribution in [3.63, 3.8) is 0 Å². The van der Waals surface area contributed by atoms with Gasteiger partial charge in [0.1, 0.15) is 12.3 Å². The topological polar surface area (TPSA) is 47.6 Å². The molecule has 0 aliphatic rings. The number of alkyl halides is 1. The van der Waals surface area contributed by atoms with Crippen LogP contribution in [-0.4, -0.2) is 39.3 Å². The zero-order valence-corrected chi connectivity index (χ0v) is 20.6. The Bertz CT molecular complexity index is 777. The lowest BCUT2D eigenvalue weighted by Crippen LogP contribution is -2.66. The van der Waals surface area contributed by atoms with Gasteiger partial charge in [-0.1, -0.05) is 81.4 Å². The molecule has 0 spiro atoms. The van der Waals surface area contributed by atoms with Crippen LogP contribution in [0.2, 0.25) is 5.04 Å². The maximum atomic E-state index is 13.6. The molecule has 0 aliphatic carbocycles. The smallest absolute Gasteiger partial charge is 0.407 e. The summed E-state index contributed by atoms with van der Waals surface area (Å²) in [6, 6.07) is 20.0. The lowest BCUT2D eigenvalue weighted by Gasteiger charge is -2.43. The number of ether oxygens (including phenoxy) is 1. The van der Waals surface area contributed by atoms with Crippen molar-refractivity contribution in [3.8, 4) is 0 Å². The van der Waals surface area contributed by atoms with Crippen molar-refractivity contribution in [1.82, 2.24) is 5.32 Å². The van der Waals surface area contributed by atoms with Gasteiger partial charge in [-0.15, -0.1) is 0 Å². The van der Waals surface area contributed by atoms with Crippen LogP contribution in [0.5, 0.6) is 0 Å². The van der Waals surface area contributed by atoms with Crippen LogP contribution in [-0.2, 0) is 9.16 Å². The Morgan fingerprint density at radius 2 is 1.42 bits per heavy atom. The number of nitrogens with one attached hydrogen (secondary N) is 1. The first kappa shape index (κ1) is 25.1. The fourth-order valence-electron chi connectivity index (χ4n) is 3.78. The van der Waals surface area contributed by atoms with Crippen LogP contribution >= 0.6 is 0 Å². The summed E-state index contributed by atoms with van der Waals surface area (Å²) in [6.07, 6.45) is -0.249.